The van der Waals surface area contributed by atoms with E-state index in [4.69, 9.17) is 4.74 Å². The summed E-state index contributed by atoms with van der Waals surface area (Å²) in [5.74, 6) is 0.527. The maximum Gasteiger partial charge on any atom is 0.0746 e. The molecule has 0 saturated carbocycles. The number of hydrogen-bond donors (Lipinski definition) is 2. The Balaban J connectivity index is 2.28. The van der Waals surface area contributed by atoms with E-state index < -0.39 is 5.60 Å². The highest BCUT2D eigenvalue weighted by Gasteiger charge is 2.27. The first-order chi connectivity index (χ1) is 6.91. The van der Waals surface area contributed by atoms with Crippen LogP contribution in [0.3, 0.4) is 0 Å². The van der Waals surface area contributed by atoms with Crippen LogP contribution in [0.4, 0.5) is 0 Å². The maximum absolute atomic E-state index is 10.1. The van der Waals surface area contributed by atoms with Crippen LogP contribution in [0.5, 0.6) is 0 Å². The third-order valence-electron chi connectivity index (χ3n) is 2.97. The number of nitrogens with one attached hydrogen (secondary N) is 1. The zero-order valence-corrected chi connectivity index (χ0v) is 10.4. The molecule has 1 saturated heterocycles. The Labute approximate surface area is 93.2 Å². The summed E-state index contributed by atoms with van der Waals surface area (Å²) in [6.45, 7) is 9.75. The lowest BCUT2D eigenvalue weighted by Crippen LogP contribution is -2.45. The second kappa shape index (κ2) is 5.28. The van der Waals surface area contributed by atoms with Gasteiger partial charge in [-0.25, -0.2) is 0 Å². The molecule has 3 atom stereocenters. The van der Waals surface area contributed by atoms with Crippen LogP contribution in [0.2, 0.25) is 0 Å². The summed E-state index contributed by atoms with van der Waals surface area (Å²) in [5, 5.41) is 13.5. The predicted octanol–water partition coefficient (Wildman–Crippen LogP) is 1.55. The summed E-state index contributed by atoms with van der Waals surface area (Å²) < 4.78 is 5.47. The Kier molecular flexibility index (Phi) is 4.56. The molecule has 1 heterocycles. The molecule has 0 bridgehead atoms. The Hall–Kier alpha value is -0.120. The highest BCUT2D eigenvalue weighted by atomic mass is 16.5. The Morgan fingerprint density at radius 3 is 2.67 bits per heavy atom. The third kappa shape index (κ3) is 4.49. The van der Waals surface area contributed by atoms with Crippen molar-refractivity contribution in [2.45, 2.75) is 58.3 Å². The molecule has 0 aromatic rings. The minimum absolute atomic E-state index is 0.278. The van der Waals surface area contributed by atoms with Crippen LogP contribution in [0.1, 0.15) is 40.5 Å². The summed E-state index contributed by atoms with van der Waals surface area (Å²) in [6, 6.07) is 0.406. The topological polar surface area (TPSA) is 41.5 Å². The quantitative estimate of drug-likeness (QED) is 0.731. The van der Waals surface area contributed by atoms with Crippen molar-refractivity contribution in [3.05, 3.63) is 0 Å². The highest BCUT2D eigenvalue weighted by Crippen LogP contribution is 2.17. The zero-order valence-electron chi connectivity index (χ0n) is 10.4. The average Bonchev–Trinajstić information content (AvgIpc) is 2.45. The second-order valence-corrected chi connectivity index (χ2v) is 5.45. The molecule has 1 aliphatic heterocycles. The van der Waals surface area contributed by atoms with Gasteiger partial charge in [-0.1, -0.05) is 13.8 Å². The molecular formula is C12H25NO2. The fourth-order valence-electron chi connectivity index (χ4n) is 2.30. The van der Waals surface area contributed by atoms with Crippen LogP contribution in [0.25, 0.3) is 0 Å². The molecule has 0 aromatic carbocycles. The van der Waals surface area contributed by atoms with Crippen molar-refractivity contribution in [3.8, 4) is 0 Å². The minimum atomic E-state index is -0.601. The molecule has 3 nitrogen and oxygen atoms in total. The van der Waals surface area contributed by atoms with Crippen molar-refractivity contribution in [1.82, 2.24) is 5.32 Å². The maximum atomic E-state index is 10.1. The first-order valence-corrected chi connectivity index (χ1v) is 5.98. The van der Waals surface area contributed by atoms with Gasteiger partial charge in [-0.2, -0.15) is 0 Å². The van der Waals surface area contributed by atoms with E-state index in [1.807, 2.05) is 6.92 Å². The van der Waals surface area contributed by atoms with Gasteiger partial charge in [0.15, 0.2) is 0 Å². The van der Waals surface area contributed by atoms with Crippen LogP contribution in [0, 0.1) is 5.92 Å². The molecule has 2 N–H and O–H groups in total. The standard InChI is InChI=1S/C12H25NO2/c1-9(2)7-12(4,14)8-13-11-5-6-15-10(11)3/h9-11,13-14H,5-8H2,1-4H3. The van der Waals surface area contributed by atoms with E-state index >= 15 is 0 Å². The molecule has 0 amide bonds. The SMILES string of the molecule is CC(C)CC(C)(O)CNC1CCOC1C. The van der Waals surface area contributed by atoms with Gasteiger partial charge in [0.25, 0.3) is 0 Å². The monoisotopic (exact) mass is 215 g/mol. The van der Waals surface area contributed by atoms with Gasteiger partial charge in [-0.05, 0) is 32.6 Å². The van der Waals surface area contributed by atoms with E-state index in [0.29, 0.717) is 18.5 Å². The van der Waals surface area contributed by atoms with Crippen molar-refractivity contribution >= 4 is 0 Å². The van der Waals surface area contributed by atoms with Crippen LogP contribution in [0.15, 0.2) is 0 Å². The zero-order chi connectivity index (χ0) is 11.5. The van der Waals surface area contributed by atoms with Crippen molar-refractivity contribution < 1.29 is 9.84 Å². The van der Waals surface area contributed by atoms with E-state index in [1.54, 1.807) is 0 Å². The summed E-state index contributed by atoms with van der Waals surface area (Å²) >= 11 is 0. The lowest BCUT2D eigenvalue weighted by molar-refractivity contribution is 0.0321. The smallest absolute Gasteiger partial charge is 0.0746 e. The molecule has 1 aliphatic rings. The fraction of sp³-hybridized carbons (Fsp3) is 1.00. The largest absolute Gasteiger partial charge is 0.389 e. The number of aliphatic hydroxyl groups is 1. The van der Waals surface area contributed by atoms with Gasteiger partial charge in [0.2, 0.25) is 0 Å². The molecule has 0 spiro atoms. The predicted molar refractivity (Wildman–Crippen MR) is 61.9 cm³/mol. The van der Waals surface area contributed by atoms with Gasteiger partial charge in [0.1, 0.15) is 0 Å². The summed E-state index contributed by atoms with van der Waals surface area (Å²) in [4.78, 5) is 0. The molecule has 3 heteroatoms. The normalized spacial score (nSPS) is 30.8. The number of hydrogen-bond acceptors (Lipinski definition) is 3. The summed E-state index contributed by atoms with van der Waals surface area (Å²) in [7, 11) is 0. The Morgan fingerprint density at radius 2 is 2.20 bits per heavy atom. The highest BCUT2D eigenvalue weighted by molar-refractivity contribution is 4.84. The van der Waals surface area contributed by atoms with E-state index in [0.717, 1.165) is 19.4 Å². The molecule has 1 fully saturated rings. The molecule has 0 aromatic heterocycles. The van der Waals surface area contributed by atoms with Crippen molar-refractivity contribution in [2.75, 3.05) is 13.2 Å². The molecule has 0 aliphatic carbocycles. The van der Waals surface area contributed by atoms with E-state index in [2.05, 4.69) is 26.1 Å². The van der Waals surface area contributed by atoms with Crippen molar-refractivity contribution in [1.29, 1.82) is 0 Å². The van der Waals surface area contributed by atoms with Gasteiger partial charge < -0.3 is 15.2 Å². The first-order valence-electron chi connectivity index (χ1n) is 5.98. The van der Waals surface area contributed by atoms with Gasteiger partial charge in [0, 0.05) is 19.2 Å². The Morgan fingerprint density at radius 1 is 1.53 bits per heavy atom. The summed E-state index contributed by atoms with van der Waals surface area (Å²) in [5.41, 5.74) is -0.601. The fourth-order valence-corrected chi connectivity index (χ4v) is 2.30. The summed E-state index contributed by atoms with van der Waals surface area (Å²) in [6.07, 6.45) is 2.17. The van der Waals surface area contributed by atoms with Gasteiger partial charge in [-0.3, -0.25) is 0 Å². The van der Waals surface area contributed by atoms with E-state index in [-0.39, 0.29) is 6.10 Å². The third-order valence-corrected chi connectivity index (χ3v) is 2.97. The molecule has 90 valence electrons. The number of rotatable bonds is 5. The molecule has 1 rings (SSSR count). The Bertz CT molecular complexity index is 192. The van der Waals surface area contributed by atoms with Gasteiger partial charge >= 0.3 is 0 Å². The first kappa shape index (κ1) is 12.9. The van der Waals surface area contributed by atoms with Crippen LogP contribution in [-0.2, 0) is 4.74 Å². The minimum Gasteiger partial charge on any atom is -0.389 e. The van der Waals surface area contributed by atoms with Crippen molar-refractivity contribution in [2.24, 2.45) is 5.92 Å². The van der Waals surface area contributed by atoms with E-state index in [1.165, 1.54) is 0 Å². The lowest BCUT2D eigenvalue weighted by atomic mass is 9.94. The van der Waals surface area contributed by atoms with E-state index in [9.17, 15) is 5.11 Å². The molecule has 0 radical (unpaired) electrons. The number of ether oxygens (including phenoxy) is 1. The molecule has 15 heavy (non-hydrogen) atoms. The van der Waals surface area contributed by atoms with Crippen molar-refractivity contribution in [3.63, 3.8) is 0 Å². The second-order valence-electron chi connectivity index (χ2n) is 5.45. The van der Waals surface area contributed by atoms with Gasteiger partial charge in [-0.15, -0.1) is 0 Å². The lowest BCUT2D eigenvalue weighted by Gasteiger charge is -2.28. The van der Waals surface area contributed by atoms with Crippen LogP contribution < -0.4 is 5.32 Å². The van der Waals surface area contributed by atoms with Crippen LogP contribution >= 0.6 is 0 Å². The van der Waals surface area contributed by atoms with Crippen LogP contribution in [-0.4, -0.2) is 36.0 Å². The average molecular weight is 215 g/mol. The van der Waals surface area contributed by atoms with Gasteiger partial charge in [0.05, 0.1) is 11.7 Å². The molecular weight excluding hydrogens is 190 g/mol. The molecule has 3 unspecified atom stereocenters.